The number of hydrogen-bond donors (Lipinski definition) is 1. The number of methoxy groups -OCH3 is 1. The van der Waals surface area contributed by atoms with E-state index in [0.717, 1.165) is 6.07 Å². The lowest BCUT2D eigenvalue weighted by Crippen LogP contribution is -2.34. The highest BCUT2D eigenvalue weighted by molar-refractivity contribution is 5.37. The largest absolute Gasteiger partial charge is 0.493 e. The summed E-state index contributed by atoms with van der Waals surface area (Å²) in [5, 5.41) is 0. The van der Waals surface area contributed by atoms with Crippen LogP contribution in [0.15, 0.2) is 6.07 Å². The van der Waals surface area contributed by atoms with Gasteiger partial charge in [0.15, 0.2) is 17.4 Å². The fourth-order valence-electron chi connectivity index (χ4n) is 1.47. The highest BCUT2D eigenvalue weighted by atomic mass is 19.2. The van der Waals surface area contributed by atoms with Crippen LogP contribution < -0.4 is 10.5 Å². The van der Waals surface area contributed by atoms with Gasteiger partial charge in [0, 0.05) is 11.1 Å². The topological polar surface area (TPSA) is 35.2 Å². The fourth-order valence-corrected chi connectivity index (χ4v) is 1.47. The molecule has 1 aromatic rings. The van der Waals surface area contributed by atoms with Gasteiger partial charge in [-0.15, -0.1) is 0 Å². The average Bonchev–Trinajstić information content (AvgIpc) is 2.12. The van der Waals surface area contributed by atoms with Crippen molar-refractivity contribution in [3.63, 3.8) is 0 Å². The predicted octanol–water partition coefficient (Wildman–Crippen LogP) is 2.39. The molecule has 0 aliphatic rings. The molecule has 1 aromatic carbocycles. The van der Waals surface area contributed by atoms with Crippen molar-refractivity contribution in [1.29, 1.82) is 0 Å². The normalized spacial score (nSPS) is 11.7. The molecular weight excluding hydrogens is 219 g/mol. The lowest BCUT2D eigenvalue weighted by atomic mass is 9.95. The highest BCUT2D eigenvalue weighted by Crippen LogP contribution is 2.29. The van der Waals surface area contributed by atoms with Crippen molar-refractivity contribution in [3.8, 4) is 5.75 Å². The summed E-state index contributed by atoms with van der Waals surface area (Å²) in [4.78, 5) is 0. The Hall–Kier alpha value is -1.23. The van der Waals surface area contributed by atoms with Crippen molar-refractivity contribution in [1.82, 2.24) is 0 Å². The van der Waals surface area contributed by atoms with Crippen LogP contribution in [0, 0.1) is 17.5 Å². The van der Waals surface area contributed by atoms with Gasteiger partial charge in [-0.25, -0.2) is 8.78 Å². The molecule has 5 heteroatoms. The maximum Gasteiger partial charge on any atom is 0.203 e. The van der Waals surface area contributed by atoms with Gasteiger partial charge in [0.05, 0.1) is 7.11 Å². The molecule has 90 valence electrons. The van der Waals surface area contributed by atoms with E-state index in [1.807, 2.05) is 0 Å². The number of benzene rings is 1. The van der Waals surface area contributed by atoms with Crippen LogP contribution >= 0.6 is 0 Å². The maximum absolute atomic E-state index is 13.3. The van der Waals surface area contributed by atoms with E-state index < -0.39 is 23.0 Å². The van der Waals surface area contributed by atoms with Crippen molar-refractivity contribution in [2.24, 2.45) is 5.73 Å². The lowest BCUT2D eigenvalue weighted by molar-refractivity contribution is 0.351. The van der Waals surface area contributed by atoms with Crippen molar-refractivity contribution >= 4 is 0 Å². The van der Waals surface area contributed by atoms with Crippen molar-refractivity contribution in [2.45, 2.75) is 25.8 Å². The first-order chi connectivity index (χ1) is 7.26. The SMILES string of the molecule is COc1c(CC(C)(C)N)cc(F)c(F)c1F. The minimum Gasteiger partial charge on any atom is -0.493 e. The van der Waals surface area contributed by atoms with Crippen LogP contribution in [-0.2, 0) is 6.42 Å². The van der Waals surface area contributed by atoms with Gasteiger partial charge < -0.3 is 10.5 Å². The Kier molecular flexibility index (Phi) is 3.48. The molecule has 16 heavy (non-hydrogen) atoms. The van der Waals surface area contributed by atoms with E-state index in [9.17, 15) is 13.2 Å². The molecule has 2 N–H and O–H groups in total. The first-order valence-electron chi connectivity index (χ1n) is 4.75. The summed E-state index contributed by atoms with van der Waals surface area (Å²) in [7, 11) is 1.20. The van der Waals surface area contributed by atoms with Crippen LogP contribution in [0.5, 0.6) is 5.75 Å². The molecule has 0 aliphatic carbocycles. The number of hydrogen-bond acceptors (Lipinski definition) is 2. The van der Waals surface area contributed by atoms with Gasteiger partial charge in [0.2, 0.25) is 5.82 Å². The van der Waals surface area contributed by atoms with E-state index in [4.69, 9.17) is 10.5 Å². The minimum atomic E-state index is -1.53. The molecule has 0 bridgehead atoms. The van der Waals surface area contributed by atoms with E-state index in [1.165, 1.54) is 7.11 Å². The lowest BCUT2D eigenvalue weighted by Gasteiger charge is -2.20. The second kappa shape index (κ2) is 4.33. The number of ether oxygens (including phenoxy) is 1. The van der Waals surface area contributed by atoms with Crippen LogP contribution in [0.4, 0.5) is 13.2 Å². The molecule has 0 heterocycles. The molecule has 0 saturated carbocycles. The summed E-state index contributed by atoms with van der Waals surface area (Å²) in [6.07, 6.45) is 0.185. The van der Waals surface area contributed by atoms with Gasteiger partial charge in [-0.05, 0) is 26.3 Å². The third-order valence-corrected chi connectivity index (χ3v) is 2.04. The molecular formula is C11H14F3NO. The number of rotatable bonds is 3. The van der Waals surface area contributed by atoms with Gasteiger partial charge in [-0.2, -0.15) is 4.39 Å². The molecule has 0 saturated heterocycles. The van der Waals surface area contributed by atoms with E-state index in [2.05, 4.69) is 0 Å². The van der Waals surface area contributed by atoms with E-state index in [0.29, 0.717) is 0 Å². The Morgan fingerprint density at radius 3 is 2.25 bits per heavy atom. The molecule has 0 aliphatic heterocycles. The molecule has 0 atom stereocenters. The molecule has 0 radical (unpaired) electrons. The monoisotopic (exact) mass is 233 g/mol. The van der Waals surface area contributed by atoms with Gasteiger partial charge >= 0.3 is 0 Å². The zero-order chi connectivity index (χ0) is 12.5. The van der Waals surface area contributed by atoms with Gasteiger partial charge in [-0.3, -0.25) is 0 Å². The second-order valence-corrected chi connectivity index (χ2v) is 4.34. The zero-order valence-electron chi connectivity index (χ0n) is 9.40. The Labute approximate surface area is 92.2 Å². The second-order valence-electron chi connectivity index (χ2n) is 4.34. The summed E-state index contributed by atoms with van der Waals surface area (Å²) in [5.74, 6) is -4.38. The minimum absolute atomic E-state index is 0.185. The maximum atomic E-state index is 13.3. The Balaban J connectivity index is 3.28. The standard InChI is InChI=1S/C11H14F3NO/c1-11(2,15)5-6-4-7(12)8(13)9(14)10(6)16-3/h4H,5,15H2,1-3H3. The van der Waals surface area contributed by atoms with Crippen molar-refractivity contribution in [3.05, 3.63) is 29.1 Å². The third-order valence-electron chi connectivity index (χ3n) is 2.04. The Morgan fingerprint density at radius 1 is 1.25 bits per heavy atom. The van der Waals surface area contributed by atoms with Gasteiger partial charge in [0.25, 0.3) is 0 Å². The van der Waals surface area contributed by atoms with Gasteiger partial charge in [-0.1, -0.05) is 0 Å². The predicted molar refractivity (Wildman–Crippen MR) is 54.8 cm³/mol. The molecule has 0 fully saturated rings. The summed E-state index contributed by atoms with van der Waals surface area (Å²) in [5.41, 5.74) is 5.29. The highest BCUT2D eigenvalue weighted by Gasteiger charge is 2.22. The Bertz CT molecular complexity index is 399. The first-order valence-corrected chi connectivity index (χ1v) is 4.75. The van der Waals surface area contributed by atoms with Crippen LogP contribution in [0.25, 0.3) is 0 Å². The fraction of sp³-hybridized carbons (Fsp3) is 0.455. The zero-order valence-corrected chi connectivity index (χ0v) is 9.40. The quantitative estimate of drug-likeness (QED) is 0.813. The van der Waals surface area contributed by atoms with Crippen molar-refractivity contribution < 1.29 is 17.9 Å². The smallest absolute Gasteiger partial charge is 0.203 e. The van der Waals surface area contributed by atoms with E-state index in [-0.39, 0.29) is 17.7 Å². The molecule has 2 nitrogen and oxygen atoms in total. The average molecular weight is 233 g/mol. The first kappa shape index (κ1) is 12.8. The van der Waals surface area contributed by atoms with E-state index in [1.54, 1.807) is 13.8 Å². The summed E-state index contributed by atoms with van der Waals surface area (Å²) >= 11 is 0. The van der Waals surface area contributed by atoms with Gasteiger partial charge in [0.1, 0.15) is 0 Å². The Morgan fingerprint density at radius 2 is 1.81 bits per heavy atom. The molecule has 0 aromatic heterocycles. The molecule has 1 rings (SSSR count). The summed E-state index contributed by atoms with van der Waals surface area (Å²) in [6.45, 7) is 3.40. The molecule has 0 unspecified atom stereocenters. The van der Waals surface area contributed by atoms with Crippen molar-refractivity contribution in [2.75, 3.05) is 7.11 Å². The number of halogens is 3. The van der Waals surface area contributed by atoms with Crippen LogP contribution in [-0.4, -0.2) is 12.6 Å². The summed E-state index contributed by atoms with van der Waals surface area (Å²) < 4.78 is 44.0. The van der Waals surface area contributed by atoms with Crippen LogP contribution in [0.1, 0.15) is 19.4 Å². The molecule has 0 spiro atoms. The van der Waals surface area contributed by atoms with E-state index >= 15 is 0 Å². The third kappa shape index (κ3) is 2.66. The molecule has 0 amide bonds. The number of nitrogens with two attached hydrogens (primary N) is 1. The van der Waals surface area contributed by atoms with Crippen LogP contribution in [0.3, 0.4) is 0 Å². The summed E-state index contributed by atoms with van der Waals surface area (Å²) in [6, 6.07) is 0.909. The van der Waals surface area contributed by atoms with Crippen LogP contribution in [0.2, 0.25) is 0 Å².